The van der Waals surface area contributed by atoms with E-state index in [0.717, 1.165) is 23.4 Å². The Morgan fingerprint density at radius 2 is 1.88 bits per heavy atom. The maximum Gasteiger partial charge on any atom is 0.255 e. The molecule has 0 spiro atoms. The number of likely N-dealkylation sites (N-methyl/N-ethyl adjacent to an activating group) is 1. The van der Waals surface area contributed by atoms with Crippen molar-refractivity contribution in [3.8, 4) is 11.5 Å². The van der Waals surface area contributed by atoms with Gasteiger partial charge in [0.05, 0.1) is 5.56 Å². The number of amides is 1. The van der Waals surface area contributed by atoms with Crippen molar-refractivity contribution in [3.05, 3.63) is 59.2 Å². The van der Waals surface area contributed by atoms with E-state index in [1.165, 1.54) is 0 Å². The number of nitrogens with one attached hydrogen (secondary N) is 1. The smallest absolute Gasteiger partial charge is 0.255 e. The molecule has 5 heteroatoms. The highest BCUT2D eigenvalue weighted by atomic mass is 16.5. The molecule has 0 saturated heterocycles. The zero-order valence-corrected chi connectivity index (χ0v) is 14.4. The summed E-state index contributed by atoms with van der Waals surface area (Å²) in [6.07, 6.45) is 0. The van der Waals surface area contributed by atoms with Crippen LogP contribution in [0.25, 0.3) is 0 Å². The van der Waals surface area contributed by atoms with Gasteiger partial charge in [-0.2, -0.15) is 0 Å². The van der Waals surface area contributed by atoms with E-state index in [1.54, 1.807) is 18.2 Å². The SMILES string of the molecule is Cc1ccc(C(=O)NCc2ccc(OCCN(C)C)cc2)c(O)c1. The Morgan fingerprint density at radius 3 is 2.50 bits per heavy atom. The van der Waals surface area contributed by atoms with Gasteiger partial charge in [0, 0.05) is 13.1 Å². The van der Waals surface area contributed by atoms with Crippen molar-refractivity contribution in [2.75, 3.05) is 27.2 Å². The van der Waals surface area contributed by atoms with Crippen LogP contribution >= 0.6 is 0 Å². The topological polar surface area (TPSA) is 61.8 Å². The van der Waals surface area contributed by atoms with Gasteiger partial charge in [-0.25, -0.2) is 0 Å². The summed E-state index contributed by atoms with van der Waals surface area (Å²) in [4.78, 5) is 14.2. The lowest BCUT2D eigenvalue weighted by atomic mass is 10.1. The van der Waals surface area contributed by atoms with Crippen LogP contribution in [0.1, 0.15) is 21.5 Å². The molecular weight excluding hydrogens is 304 g/mol. The number of hydrogen-bond acceptors (Lipinski definition) is 4. The number of carbonyl (C=O) groups is 1. The Bertz CT molecular complexity index is 682. The second-order valence-corrected chi connectivity index (χ2v) is 6.00. The van der Waals surface area contributed by atoms with Crippen LogP contribution < -0.4 is 10.1 Å². The molecule has 0 heterocycles. The maximum absolute atomic E-state index is 12.1. The molecule has 0 aliphatic carbocycles. The van der Waals surface area contributed by atoms with Crippen LogP contribution in [0.3, 0.4) is 0 Å². The summed E-state index contributed by atoms with van der Waals surface area (Å²) in [5.41, 5.74) is 2.16. The fourth-order valence-electron chi connectivity index (χ4n) is 2.16. The summed E-state index contributed by atoms with van der Waals surface area (Å²) in [6.45, 7) is 3.75. The van der Waals surface area contributed by atoms with Crippen molar-refractivity contribution in [2.24, 2.45) is 0 Å². The van der Waals surface area contributed by atoms with E-state index >= 15 is 0 Å². The van der Waals surface area contributed by atoms with Gasteiger partial charge in [-0.1, -0.05) is 18.2 Å². The average Bonchev–Trinajstić information content (AvgIpc) is 2.53. The lowest BCUT2D eigenvalue weighted by Gasteiger charge is -2.11. The summed E-state index contributed by atoms with van der Waals surface area (Å²) in [5, 5.41) is 12.6. The van der Waals surface area contributed by atoms with Gasteiger partial charge in [-0.15, -0.1) is 0 Å². The third-order valence-corrected chi connectivity index (χ3v) is 3.58. The summed E-state index contributed by atoms with van der Waals surface area (Å²) >= 11 is 0. The molecule has 1 amide bonds. The van der Waals surface area contributed by atoms with E-state index < -0.39 is 0 Å². The third kappa shape index (κ3) is 5.28. The van der Waals surface area contributed by atoms with Crippen molar-refractivity contribution in [2.45, 2.75) is 13.5 Å². The molecule has 5 nitrogen and oxygen atoms in total. The normalized spacial score (nSPS) is 10.7. The molecule has 0 fully saturated rings. The first-order valence-corrected chi connectivity index (χ1v) is 7.90. The van der Waals surface area contributed by atoms with Crippen LogP contribution in [0.5, 0.6) is 11.5 Å². The maximum atomic E-state index is 12.1. The van der Waals surface area contributed by atoms with E-state index in [0.29, 0.717) is 13.2 Å². The van der Waals surface area contributed by atoms with Gasteiger partial charge < -0.3 is 20.1 Å². The predicted octanol–water partition coefficient (Wildman–Crippen LogP) is 2.57. The van der Waals surface area contributed by atoms with Crippen molar-refractivity contribution >= 4 is 5.91 Å². The summed E-state index contributed by atoms with van der Waals surface area (Å²) < 4.78 is 5.63. The Hall–Kier alpha value is -2.53. The first-order valence-electron chi connectivity index (χ1n) is 7.90. The number of carbonyl (C=O) groups excluding carboxylic acids is 1. The van der Waals surface area contributed by atoms with Crippen LogP contribution in [0.4, 0.5) is 0 Å². The number of phenolic OH excluding ortho intramolecular Hbond substituents is 1. The van der Waals surface area contributed by atoms with Crippen molar-refractivity contribution < 1.29 is 14.6 Å². The fraction of sp³-hybridized carbons (Fsp3) is 0.316. The van der Waals surface area contributed by atoms with Crippen LogP contribution in [-0.4, -0.2) is 43.2 Å². The number of ether oxygens (including phenoxy) is 1. The zero-order valence-electron chi connectivity index (χ0n) is 14.4. The molecule has 2 aromatic carbocycles. The molecule has 0 bridgehead atoms. The van der Waals surface area contributed by atoms with E-state index in [2.05, 4.69) is 10.2 Å². The standard InChI is InChI=1S/C19H24N2O3/c1-14-4-9-17(18(22)12-14)19(23)20-13-15-5-7-16(8-6-15)24-11-10-21(2)3/h4-9,12,22H,10-11,13H2,1-3H3,(H,20,23). The highest BCUT2D eigenvalue weighted by molar-refractivity contribution is 5.96. The molecule has 0 aliphatic heterocycles. The minimum Gasteiger partial charge on any atom is -0.507 e. The molecule has 0 saturated carbocycles. The lowest BCUT2D eigenvalue weighted by Crippen LogP contribution is -2.22. The minimum absolute atomic E-state index is 0.00265. The van der Waals surface area contributed by atoms with Gasteiger partial charge in [0.1, 0.15) is 18.1 Å². The predicted molar refractivity (Wildman–Crippen MR) is 94.5 cm³/mol. The highest BCUT2D eigenvalue weighted by Crippen LogP contribution is 2.18. The minimum atomic E-state index is -0.293. The number of phenols is 1. The largest absolute Gasteiger partial charge is 0.507 e. The first kappa shape index (κ1) is 17.8. The molecule has 24 heavy (non-hydrogen) atoms. The van der Waals surface area contributed by atoms with Gasteiger partial charge >= 0.3 is 0 Å². The van der Waals surface area contributed by atoms with Gasteiger partial charge in [0.15, 0.2) is 0 Å². The number of aromatic hydroxyl groups is 1. The summed E-state index contributed by atoms with van der Waals surface area (Å²) in [7, 11) is 4.00. The summed E-state index contributed by atoms with van der Waals surface area (Å²) in [6, 6.07) is 12.6. The van der Waals surface area contributed by atoms with E-state index in [4.69, 9.17) is 4.74 Å². The van der Waals surface area contributed by atoms with Crippen LogP contribution in [-0.2, 0) is 6.54 Å². The third-order valence-electron chi connectivity index (χ3n) is 3.58. The number of aryl methyl sites for hydroxylation is 1. The van der Waals surface area contributed by atoms with Crippen LogP contribution in [0.15, 0.2) is 42.5 Å². The van der Waals surface area contributed by atoms with E-state index in [9.17, 15) is 9.90 Å². The van der Waals surface area contributed by atoms with Crippen molar-refractivity contribution in [1.29, 1.82) is 0 Å². The molecule has 0 radical (unpaired) electrons. The van der Waals surface area contributed by atoms with Gasteiger partial charge in [0.25, 0.3) is 5.91 Å². The van der Waals surface area contributed by atoms with E-state index in [-0.39, 0.29) is 17.2 Å². The van der Waals surface area contributed by atoms with Gasteiger partial charge in [-0.3, -0.25) is 4.79 Å². The summed E-state index contributed by atoms with van der Waals surface area (Å²) in [5.74, 6) is 0.513. The van der Waals surface area contributed by atoms with Gasteiger partial charge in [-0.05, 0) is 56.4 Å². The second kappa shape index (κ2) is 8.36. The van der Waals surface area contributed by atoms with Crippen LogP contribution in [0, 0.1) is 6.92 Å². The number of benzene rings is 2. The Kier molecular flexibility index (Phi) is 6.21. The molecule has 0 aromatic heterocycles. The van der Waals surface area contributed by atoms with Crippen LogP contribution in [0.2, 0.25) is 0 Å². The highest BCUT2D eigenvalue weighted by Gasteiger charge is 2.10. The monoisotopic (exact) mass is 328 g/mol. The molecule has 0 atom stereocenters. The fourth-order valence-corrected chi connectivity index (χ4v) is 2.16. The van der Waals surface area contributed by atoms with Crippen molar-refractivity contribution in [3.63, 3.8) is 0 Å². The van der Waals surface area contributed by atoms with Gasteiger partial charge in [0.2, 0.25) is 0 Å². The first-order chi connectivity index (χ1) is 11.5. The second-order valence-electron chi connectivity index (χ2n) is 6.00. The zero-order chi connectivity index (χ0) is 17.5. The molecular formula is C19H24N2O3. The molecule has 2 rings (SSSR count). The van der Waals surface area contributed by atoms with E-state index in [1.807, 2.05) is 45.3 Å². The molecule has 2 N–H and O–H groups in total. The van der Waals surface area contributed by atoms with Crippen molar-refractivity contribution in [1.82, 2.24) is 10.2 Å². The number of nitrogens with zero attached hydrogens (tertiary/aromatic N) is 1. The molecule has 0 unspecified atom stereocenters. The number of rotatable bonds is 7. The molecule has 0 aliphatic rings. The molecule has 128 valence electrons. The Balaban J connectivity index is 1.86. The Morgan fingerprint density at radius 1 is 1.17 bits per heavy atom. The number of hydrogen-bond donors (Lipinski definition) is 2. The Labute approximate surface area is 142 Å². The quantitative estimate of drug-likeness (QED) is 0.820. The molecule has 2 aromatic rings. The average molecular weight is 328 g/mol. The lowest BCUT2D eigenvalue weighted by molar-refractivity contribution is 0.0948.